The maximum absolute atomic E-state index is 12.9. The van der Waals surface area contributed by atoms with E-state index in [2.05, 4.69) is 27.4 Å². The molecule has 0 aliphatic heterocycles. The number of fused-ring (bicyclic) bond motifs is 1. The molecule has 2 heterocycles. The summed E-state index contributed by atoms with van der Waals surface area (Å²) in [5.74, 6) is 0.405. The molecule has 2 aromatic heterocycles. The molecule has 1 aliphatic carbocycles. The molecule has 0 unspecified atom stereocenters. The summed E-state index contributed by atoms with van der Waals surface area (Å²) in [5.41, 5.74) is 3.19. The van der Waals surface area contributed by atoms with E-state index in [1.165, 1.54) is 0 Å². The first-order valence-corrected chi connectivity index (χ1v) is 9.63. The summed E-state index contributed by atoms with van der Waals surface area (Å²) in [6.45, 7) is 1.91. The molecule has 8 heteroatoms. The number of aromatic nitrogens is 4. The van der Waals surface area contributed by atoms with Gasteiger partial charge in [-0.1, -0.05) is 12.1 Å². The zero-order valence-electron chi connectivity index (χ0n) is 16.4. The van der Waals surface area contributed by atoms with Crippen molar-refractivity contribution in [3.8, 4) is 12.1 Å². The number of nitrogens with zero attached hydrogens (tertiary/aromatic N) is 6. The van der Waals surface area contributed by atoms with Gasteiger partial charge in [0.25, 0.3) is 0 Å². The maximum atomic E-state index is 12.9. The van der Waals surface area contributed by atoms with Gasteiger partial charge in [0.15, 0.2) is 5.65 Å². The molecule has 1 aliphatic rings. The quantitative estimate of drug-likeness (QED) is 0.738. The van der Waals surface area contributed by atoms with Crippen molar-refractivity contribution in [3.63, 3.8) is 0 Å². The third-order valence-corrected chi connectivity index (χ3v) is 5.71. The van der Waals surface area contributed by atoms with E-state index < -0.39 is 0 Å². The first-order chi connectivity index (χ1) is 14.0. The van der Waals surface area contributed by atoms with E-state index in [0.29, 0.717) is 28.4 Å². The Morgan fingerprint density at radius 3 is 2.66 bits per heavy atom. The second-order valence-corrected chi connectivity index (χ2v) is 7.48. The van der Waals surface area contributed by atoms with Gasteiger partial charge in [-0.3, -0.25) is 9.13 Å². The molecule has 0 bridgehead atoms. The molecular formula is C21H21N7O. The van der Waals surface area contributed by atoms with Crippen LogP contribution in [0.25, 0.3) is 11.2 Å². The predicted molar refractivity (Wildman–Crippen MR) is 109 cm³/mol. The van der Waals surface area contributed by atoms with Gasteiger partial charge in [0.05, 0.1) is 23.5 Å². The lowest BCUT2D eigenvalue weighted by molar-refractivity contribution is 0.311. The predicted octanol–water partition coefficient (Wildman–Crippen LogP) is 3.31. The highest BCUT2D eigenvalue weighted by Gasteiger charge is 2.26. The average Bonchev–Trinajstić information content (AvgIpc) is 2.99. The van der Waals surface area contributed by atoms with Gasteiger partial charge in [-0.25, -0.2) is 9.78 Å². The maximum Gasteiger partial charge on any atom is 0.330 e. The molecule has 146 valence electrons. The molecule has 0 radical (unpaired) electrons. The van der Waals surface area contributed by atoms with Crippen molar-refractivity contribution < 1.29 is 0 Å². The van der Waals surface area contributed by atoms with Gasteiger partial charge < -0.3 is 5.32 Å². The zero-order chi connectivity index (χ0) is 20.5. The fraction of sp³-hybridized carbons (Fsp3) is 0.381. The van der Waals surface area contributed by atoms with E-state index in [-0.39, 0.29) is 17.6 Å². The van der Waals surface area contributed by atoms with E-state index >= 15 is 0 Å². The third kappa shape index (κ3) is 3.23. The zero-order valence-corrected chi connectivity index (χ0v) is 16.4. The number of para-hydroxylation sites is 1. The lowest BCUT2D eigenvalue weighted by Crippen LogP contribution is -2.28. The van der Waals surface area contributed by atoms with Gasteiger partial charge >= 0.3 is 5.69 Å². The van der Waals surface area contributed by atoms with Crippen LogP contribution >= 0.6 is 0 Å². The minimum absolute atomic E-state index is 0.0201. The van der Waals surface area contributed by atoms with E-state index in [0.717, 1.165) is 31.2 Å². The van der Waals surface area contributed by atoms with Crippen molar-refractivity contribution >= 4 is 22.8 Å². The van der Waals surface area contributed by atoms with Crippen LogP contribution in [0.3, 0.4) is 0 Å². The third-order valence-electron chi connectivity index (χ3n) is 5.71. The molecule has 8 nitrogen and oxygen atoms in total. The number of nitrogens with one attached hydrogen (secondary N) is 1. The summed E-state index contributed by atoms with van der Waals surface area (Å²) < 4.78 is 3.29. The molecule has 0 amide bonds. The lowest BCUT2D eigenvalue weighted by atomic mass is 9.87. The number of nitriles is 2. The van der Waals surface area contributed by atoms with E-state index in [1.54, 1.807) is 28.4 Å². The normalized spacial score (nSPS) is 18.9. The van der Waals surface area contributed by atoms with E-state index in [1.807, 2.05) is 19.1 Å². The van der Waals surface area contributed by atoms with Crippen LogP contribution in [0.1, 0.15) is 42.9 Å². The Hall–Kier alpha value is -3.65. The Labute approximate surface area is 168 Å². The van der Waals surface area contributed by atoms with Crippen molar-refractivity contribution in [1.29, 1.82) is 10.5 Å². The second-order valence-electron chi connectivity index (χ2n) is 7.48. The highest BCUT2D eigenvalue weighted by molar-refractivity contribution is 5.74. The lowest BCUT2D eigenvalue weighted by Gasteiger charge is -2.25. The van der Waals surface area contributed by atoms with Gasteiger partial charge in [0, 0.05) is 19.0 Å². The SMILES string of the molecule is Cc1cccc(C#N)c1Nc1ncc2c(n1)n(C1CCC(C#N)CC1)c(=O)n2C. The molecule has 1 aromatic carbocycles. The van der Waals surface area contributed by atoms with Crippen LogP contribution in [-0.2, 0) is 7.05 Å². The molecule has 0 saturated heterocycles. The van der Waals surface area contributed by atoms with Crippen molar-refractivity contribution in [2.75, 3.05) is 5.32 Å². The first kappa shape index (κ1) is 18.7. The van der Waals surface area contributed by atoms with Gasteiger partial charge in [0.1, 0.15) is 11.6 Å². The van der Waals surface area contributed by atoms with Gasteiger partial charge in [-0.15, -0.1) is 0 Å². The summed E-state index contributed by atoms with van der Waals surface area (Å²) in [4.78, 5) is 21.9. The number of hydrogen-bond acceptors (Lipinski definition) is 6. The van der Waals surface area contributed by atoms with Gasteiger partial charge in [0.2, 0.25) is 5.95 Å². The topological polar surface area (TPSA) is 112 Å². The van der Waals surface area contributed by atoms with E-state index in [4.69, 9.17) is 5.26 Å². The Morgan fingerprint density at radius 1 is 1.21 bits per heavy atom. The number of aryl methyl sites for hydroxylation is 2. The number of anilines is 2. The van der Waals surface area contributed by atoms with Crippen LogP contribution in [0, 0.1) is 35.5 Å². The van der Waals surface area contributed by atoms with Crippen LogP contribution in [0.2, 0.25) is 0 Å². The molecule has 4 rings (SSSR count). The minimum atomic E-state index is -0.125. The van der Waals surface area contributed by atoms with E-state index in [9.17, 15) is 10.1 Å². The smallest absolute Gasteiger partial charge is 0.323 e. The van der Waals surface area contributed by atoms with Crippen LogP contribution in [0.4, 0.5) is 11.6 Å². The summed E-state index contributed by atoms with van der Waals surface area (Å²) in [6, 6.07) is 10.0. The Morgan fingerprint density at radius 2 is 1.97 bits per heavy atom. The number of benzene rings is 1. The molecule has 1 N–H and O–H groups in total. The summed E-state index contributed by atoms with van der Waals surface area (Å²) >= 11 is 0. The molecular weight excluding hydrogens is 366 g/mol. The summed E-state index contributed by atoms with van der Waals surface area (Å²) in [5, 5.41) is 21.7. The Kier molecular flexibility index (Phi) is 4.77. The van der Waals surface area contributed by atoms with Crippen LogP contribution in [-0.4, -0.2) is 19.1 Å². The molecule has 3 aromatic rings. The largest absolute Gasteiger partial charge is 0.330 e. The minimum Gasteiger partial charge on any atom is -0.323 e. The molecule has 29 heavy (non-hydrogen) atoms. The van der Waals surface area contributed by atoms with Gasteiger partial charge in [-0.05, 0) is 44.2 Å². The fourth-order valence-corrected chi connectivity index (χ4v) is 4.03. The van der Waals surface area contributed by atoms with Crippen molar-refractivity contribution in [1.82, 2.24) is 19.1 Å². The Bertz CT molecular complexity index is 1220. The molecule has 0 spiro atoms. The average molecular weight is 387 g/mol. The molecule has 1 saturated carbocycles. The van der Waals surface area contributed by atoms with Crippen LogP contribution in [0.5, 0.6) is 0 Å². The summed E-state index contributed by atoms with van der Waals surface area (Å²) in [7, 11) is 1.72. The van der Waals surface area contributed by atoms with Crippen molar-refractivity contribution in [2.45, 2.75) is 38.6 Å². The van der Waals surface area contributed by atoms with Crippen molar-refractivity contribution in [3.05, 3.63) is 46.0 Å². The standard InChI is InChI=1S/C21H21N7O/c1-13-4-3-5-15(11-23)18(13)25-20-24-12-17-19(26-20)28(21(29)27(17)2)16-8-6-14(10-22)7-9-16/h3-5,12,14,16H,6-9H2,1-2H3,(H,24,25,26). The van der Waals surface area contributed by atoms with Crippen molar-refractivity contribution in [2.24, 2.45) is 13.0 Å². The first-order valence-electron chi connectivity index (χ1n) is 9.63. The fourth-order valence-electron chi connectivity index (χ4n) is 4.03. The monoisotopic (exact) mass is 387 g/mol. The molecule has 0 atom stereocenters. The second kappa shape index (κ2) is 7.40. The van der Waals surface area contributed by atoms with Gasteiger partial charge in [-0.2, -0.15) is 15.5 Å². The highest BCUT2D eigenvalue weighted by Crippen LogP contribution is 2.33. The van der Waals surface area contributed by atoms with Crippen LogP contribution in [0.15, 0.2) is 29.2 Å². The number of rotatable bonds is 3. The number of imidazole rings is 1. The summed E-state index contributed by atoms with van der Waals surface area (Å²) in [6.07, 6.45) is 4.76. The Balaban J connectivity index is 1.76. The number of hydrogen-bond donors (Lipinski definition) is 1. The highest BCUT2D eigenvalue weighted by atomic mass is 16.1. The van der Waals surface area contributed by atoms with Crippen LogP contribution < -0.4 is 11.0 Å². The molecule has 1 fully saturated rings.